The summed E-state index contributed by atoms with van der Waals surface area (Å²) in [7, 11) is 4.34. The van der Waals surface area contributed by atoms with Crippen molar-refractivity contribution >= 4 is 124 Å². The van der Waals surface area contributed by atoms with Gasteiger partial charge in [0, 0.05) is 70.3 Å². The van der Waals surface area contributed by atoms with Crippen LogP contribution in [0.2, 0.25) is 0 Å². The van der Waals surface area contributed by atoms with Crippen molar-refractivity contribution in [3.05, 3.63) is 241 Å². The van der Waals surface area contributed by atoms with Gasteiger partial charge in [0.05, 0.1) is 44.1 Å². The largest absolute Gasteiger partial charge is 0.309 e. The van der Waals surface area contributed by atoms with E-state index in [1.165, 1.54) is 110 Å². The molecule has 4 heterocycles. The minimum absolute atomic E-state index is 0. The van der Waals surface area contributed by atoms with Gasteiger partial charge in [-0.2, -0.15) is 0 Å². The summed E-state index contributed by atoms with van der Waals surface area (Å²) in [5, 5.41) is 10.2. The van der Waals surface area contributed by atoms with Crippen LogP contribution in [0, 0.1) is 0 Å². The van der Waals surface area contributed by atoms with E-state index >= 15 is 0 Å². The maximum Gasteiger partial charge on any atom is 0.0562 e. The number of aromatic nitrogens is 4. The zero-order valence-electron chi connectivity index (χ0n) is 37.1. The summed E-state index contributed by atoms with van der Waals surface area (Å²) in [5.41, 5.74) is 14.5. The molecule has 0 N–H and O–H groups in total. The fraction of sp³-hybridized carbons (Fsp3) is 0. The number of benzene rings is 10. The van der Waals surface area contributed by atoms with Crippen LogP contribution in [0.3, 0.4) is 0 Å². The van der Waals surface area contributed by atoms with Crippen molar-refractivity contribution in [3.63, 3.8) is 0 Å². The van der Waals surface area contributed by atoms with E-state index in [2.05, 4.69) is 296 Å². The standard InChI is InChI=1S/C30H19BrN2.C30H20N2.BHNS.FH/c31-20-15-16-28-24(17-20)26-18-25-23-13-7-8-14-27(23)32(21-9-3-1-4-10-21)29(25)19-30(26)33(28)22-11-5-2-6-12-22;1-3-11-21(12-4-1)31-27-17-9-7-15-23(27)25-19-26-24-16-8-10-18-28(24)32(30(26)20-29(25)31)22-13-5-2-6-14-22;1-2-3;/h1-19H;1-20H;3H;1H. The van der Waals surface area contributed by atoms with Gasteiger partial charge in [0.1, 0.15) is 0 Å². The first-order valence-electron chi connectivity index (χ1n) is 22.5. The van der Waals surface area contributed by atoms with Crippen molar-refractivity contribution in [1.82, 2.24) is 18.3 Å². The van der Waals surface area contributed by atoms with Crippen LogP contribution in [0.5, 0.6) is 0 Å². The molecule has 0 atom stereocenters. The Morgan fingerprint density at radius 2 is 0.536 bits per heavy atom. The monoisotopic (exact) mass is 972 g/mol. The quantitative estimate of drug-likeness (QED) is 0.135. The zero-order valence-corrected chi connectivity index (χ0v) is 39.5. The molecule has 0 spiro atoms. The van der Waals surface area contributed by atoms with Crippen molar-refractivity contribution in [2.45, 2.75) is 0 Å². The maximum absolute atomic E-state index is 4.34. The zero-order chi connectivity index (χ0) is 45.7. The first kappa shape index (κ1) is 43.6. The van der Waals surface area contributed by atoms with Gasteiger partial charge in [0.15, 0.2) is 0 Å². The molecule has 5 nitrogen and oxygen atoms in total. The summed E-state index contributed by atoms with van der Waals surface area (Å²) in [6.07, 6.45) is 0. The SMILES string of the molecule is Brc1ccc2c(c1)c1cc3c4ccccc4n(-c4ccccc4)c3cc1n2-c1ccccc1.F.[B]=NS.c1ccc(-n2c3ccccc3c3cc4c5ccccc5n(-c5ccccc5)c4cc32)cc1. The summed E-state index contributed by atoms with van der Waals surface area (Å²) in [5.74, 6) is 0. The molecule has 0 bridgehead atoms. The summed E-state index contributed by atoms with van der Waals surface area (Å²) >= 11 is 6.89. The second-order valence-electron chi connectivity index (χ2n) is 16.8. The number of fused-ring (bicyclic) bond motifs is 12. The van der Waals surface area contributed by atoms with Gasteiger partial charge in [-0.1, -0.05) is 143 Å². The molecule has 9 heteroatoms. The molecule has 0 fully saturated rings. The van der Waals surface area contributed by atoms with E-state index in [-0.39, 0.29) is 4.70 Å². The molecular formula is C60H41BBrFN5S. The van der Waals surface area contributed by atoms with Crippen molar-refractivity contribution < 1.29 is 4.70 Å². The maximum atomic E-state index is 4.34. The number of hydrogen-bond acceptors (Lipinski definition) is 2. The van der Waals surface area contributed by atoms with Crippen LogP contribution in [0.4, 0.5) is 4.70 Å². The minimum atomic E-state index is 0. The van der Waals surface area contributed by atoms with Gasteiger partial charge in [-0.3, -0.25) is 4.70 Å². The van der Waals surface area contributed by atoms with Gasteiger partial charge in [-0.25, -0.2) is 0 Å². The number of nitrogens with zero attached hydrogens (tertiary/aromatic N) is 5. The topological polar surface area (TPSA) is 32.1 Å². The van der Waals surface area contributed by atoms with Crippen molar-refractivity contribution in [3.8, 4) is 22.7 Å². The normalized spacial score (nSPS) is 11.3. The van der Waals surface area contributed by atoms with Gasteiger partial charge in [-0.05, 0) is 109 Å². The third kappa shape index (κ3) is 7.33. The fourth-order valence-corrected chi connectivity index (χ4v) is 10.7. The average Bonchev–Trinajstić information content (AvgIpc) is 4.10. The second-order valence-corrected chi connectivity index (χ2v) is 17.9. The smallest absolute Gasteiger partial charge is 0.0562 e. The Hall–Kier alpha value is -7.98. The van der Waals surface area contributed by atoms with E-state index in [9.17, 15) is 0 Å². The molecule has 69 heavy (non-hydrogen) atoms. The number of rotatable bonds is 4. The predicted molar refractivity (Wildman–Crippen MR) is 298 cm³/mol. The van der Waals surface area contributed by atoms with Gasteiger partial charge in [-0.15, -0.1) is 0 Å². The molecule has 0 aliphatic heterocycles. The van der Waals surface area contributed by atoms with E-state index < -0.39 is 0 Å². The molecule has 0 aliphatic carbocycles. The Bertz CT molecular complexity index is 4060. The Morgan fingerprint density at radius 3 is 0.855 bits per heavy atom. The fourth-order valence-electron chi connectivity index (χ4n) is 10.3. The Balaban J connectivity index is 0.000000141. The first-order valence-corrected chi connectivity index (χ1v) is 23.7. The summed E-state index contributed by atoms with van der Waals surface area (Å²) in [4.78, 5) is 0. The van der Waals surface area contributed by atoms with Crippen LogP contribution >= 0.6 is 28.7 Å². The van der Waals surface area contributed by atoms with Gasteiger partial charge in [0.2, 0.25) is 0 Å². The van der Waals surface area contributed by atoms with E-state index in [0.717, 1.165) is 4.47 Å². The molecular weight excluding hydrogens is 932 g/mol. The Kier molecular flexibility index (Phi) is 11.5. The van der Waals surface area contributed by atoms with Crippen LogP contribution in [-0.2, 0) is 0 Å². The number of thiol groups is 1. The predicted octanol–water partition coefficient (Wildman–Crippen LogP) is 16.9. The van der Waals surface area contributed by atoms with E-state index in [0.29, 0.717) is 0 Å². The number of hydrogen-bond donors (Lipinski definition) is 1. The first-order chi connectivity index (χ1) is 33.6. The van der Waals surface area contributed by atoms with Gasteiger partial charge in [0.25, 0.3) is 0 Å². The second kappa shape index (κ2) is 18.3. The summed E-state index contributed by atoms with van der Waals surface area (Å²) < 4.78 is 13.3. The Labute approximate surface area is 412 Å². The van der Waals surface area contributed by atoms with Crippen molar-refractivity contribution in [1.29, 1.82) is 0 Å². The van der Waals surface area contributed by atoms with E-state index in [1.54, 1.807) is 0 Å². The van der Waals surface area contributed by atoms with Crippen LogP contribution in [0.25, 0.3) is 110 Å². The molecule has 4 aromatic heterocycles. The van der Waals surface area contributed by atoms with E-state index in [1.807, 2.05) is 0 Å². The van der Waals surface area contributed by atoms with Crippen molar-refractivity contribution in [2.24, 2.45) is 4.30 Å². The molecule has 10 aromatic carbocycles. The van der Waals surface area contributed by atoms with Gasteiger partial charge < -0.3 is 18.3 Å². The molecule has 0 amide bonds. The number of para-hydroxylation sites is 7. The molecule has 0 saturated heterocycles. The van der Waals surface area contributed by atoms with E-state index in [4.69, 9.17) is 0 Å². The van der Waals surface area contributed by atoms with Crippen molar-refractivity contribution in [2.75, 3.05) is 0 Å². The van der Waals surface area contributed by atoms with Crippen LogP contribution in [0.15, 0.2) is 245 Å². The number of halogens is 2. The average molecular weight is 974 g/mol. The Morgan fingerprint density at radius 1 is 0.290 bits per heavy atom. The minimum Gasteiger partial charge on any atom is -0.309 e. The van der Waals surface area contributed by atoms with Crippen LogP contribution in [-0.4, -0.2) is 25.9 Å². The van der Waals surface area contributed by atoms with Gasteiger partial charge >= 0.3 is 24.8 Å². The molecule has 0 aliphatic rings. The van der Waals surface area contributed by atoms with Crippen LogP contribution < -0.4 is 0 Å². The summed E-state index contributed by atoms with van der Waals surface area (Å²) in [6, 6.07) is 84.8. The molecule has 14 rings (SSSR count). The third-order valence-electron chi connectivity index (χ3n) is 13.0. The van der Waals surface area contributed by atoms with Crippen LogP contribution in [0.1, 0.15) is 0 Å². The third-order valence-corrected chi connectivity index (χ3v) is 13.5. The summed E-state index contributed by atoms with van der Waals surface area (Å²) in [6.45, 7) is 0. The molecule has 329 valence electrons. The molecule has 1 radical (unpaired) electrons. The molecule has 0 saturated carbocycles. The molecule has 0 unspecified atom stereocenters. The molecule has 14 aromatic rings.